The van der Waals surface area contributed by atoms with E-state index in [1.807, 2.05) is 0 Å². The van der Waals surface area contributed by atoms with E-state index in [0.717, 1.165) is 0 Å². The van der Waals surface area contributed by atoms with Gasteiger partial charge in [-0.3, -0.25) is 14.7 Å². The molecular formula is C15H17FN4O3. The number of hydrogen-bond donors (Lipinski definition) is 2. The summed E-state index contributed by atoms with van der Waals surface area (Å²) < 4.78 is 18.5. The van der Waals surface area contributed by atoms with Gasteiger partial charge in [0.1, 0.15) is 18.2 Å². The molecule has 0 aliphatic heterocycles. The molecule has 1 aromatic carbocycles. The summed E-state index contributed by atoms with van der Waals surface area (Å²) in [6.45, 7) is 0.0558. The first-order valence-electron chi connectivity index (χ1n) is 6.88. The Kier molecular flexibility index (Phi) is 5.29. The number of carbonyl (C=O) groups excluding carboxylic acids is 2. The highest BCUT2D eigenvalue weighted by molar-refractivity contribution is 5.94. The van der Waals surface area contributed by atoms with Gasteiger partial charge in [-0.15, -0.1) is 0 Å². The van der Waals surface area contributed by atoms with E-state index in [1.54, 1.807) is 12.1 Å². The summed E-state index contributed by atoms with van der Waals surface area (Å²) >= 11 is 0. The lowest BCUT2D eigenvalue weighted by molar-refractivity contribution is -0.121. The molecule has 0 saturated heterocycles. The first-order chi connectivity index (χ1) is 11.0. The minimum Gasteiger partial charge on any atom is -0.487 e. The van der Waals surface area contributed by atoms with Crippen molar-refractivity contribution in [1.29, 1.82) is 0 Å². The highest BCUT2D eigenvalue weighted by Crippen LogP contribution is 2.14. The minimum absolute atomic E-state index is 0.0582. The molecule has 0 bridgehead atoms. The van der Waals surface area contributed by atoms with Gasteiger partial charge in [0.25, 0.3) is 5.91 Å². The summed E-state index contributed by atoms with van der Waals surface area (Å²) in [7, 11) is 3.01. The Balaban J connectivity index is 1.94. The summed E-state index contributed by atoms with van der Waals surface area (Å²) in [5.74, 6) is -0.670. The third kappa shape index (κ3) is 4.53. The maximum Gasteiger partial charge on any atom is 0.274 e. The molecule has 0 atom stereocenters. The number of benzene rings is 1. The van der Waals surface area contributed by atoms with Gasteiger partial charge in [-0.1, -0.05) is 6.07 Å². The molecule has 0 aliphatic carbocycles. The number of likely N-dealkylation sites (N-methyl/N-ethyl adjacent to an activating group) is 2. The van der Waals surface area contributed by atoms with Crippen molar-refractivity contribution >= 4 is 11.8 Å². The summed E-state index contributed by atoms with van der Waals surface area (Å²) in [4.78, 5) is 24.6. The van der Waals surface area contributed by atoms with Gasteiger partial charge in [0.2, 0.25) is 5.91 Å². The quantitative estimate of drug-likeness (QED) is 0.829. The molecule has 0 fully saturated rings. The van der Waals surface area contributed by atoms with E-state index in [-0.39, 0.29) is 36.5 Å². The van der Waals surface area contributed by atoms with Crippen LogP contribution in [0.4, 0.5) is 4.39 Å². The van der Waals surface area contributed by atoms with E-state index in [0.29, 0.717) is 11.4 Å². The minimum atomic E-state index is -0.390. The van der Waals surface area contributed by atoms with Crippen molar-refractivity contribution in [1.82, 2.24) is 20.4 Å². The van der Waals surface area contributed by atoms with Crippen LogP contribution < -0.4 is 10.1 Å². The molecule has 122 valence electrons. The van der Waals surface area contributed by atoms with Crippen LogP contribution >= 0.6 is 0 Å². The van der Waals surface area contributed by atoms with Crippen LogP contribution in [0.1, 0.15) is 16.2 Å². The maximum atomic E-state index is 13.0. The van der Waals surface area contributed by atoms with Crippen molar-refractivity contribution in [2.45, 2.75) is 6.61 Å². The number of H-pyrrole nitrogens is 1. The number of nitrogens with zero attached hydrogens (tertiary/aromatic N) is 2. The fraction of sp³-hybridized carbons (Fsp3) is 0.267. The SMILES string of the molecule is CNC(=O)CN(C)C(=O)c1cc(COc2cccc(F)c2)[nH]n1. The van der Waals surface area contributed by atoms with Crippen LogP contribution in [0.15, 0.2) is 30.3 Å². The van der Waals surface area contributed by atoms with E-state index in [2.05, 4.69) is 15.5 Å². The molecular weight excluding hydrogens is 303 g/mol. The number of ether oxygens (including phenoxy) is 1. The Morgan fingerprint density at radius 2 is 2.17 bits per heavy atom. The van der Waals surface area contributed by atoms with Crippen molar-refractivity contribution in [3.05, 3.63) is 47.5 Å². The summed E-state index contributed by atoms with van der Waals surface area (Å²) in [6.07, 6.45) is 0. The molecule has 2 amide bonds. The predicted molar refractivity (Wildman–Crippen MR) is 80.3 cm³/mol. The number of aromatic amines is 1. The van der Waals surface area contributed by atoms with Crippen LogP contribution in [0.2, 0.25) is 0 Å². The van der Waals surface area contributed by atoms with Crippen LogP contribution in [0, 0.1) is 5.82 Å². The van der Waals surface area contributed by atoms with E-state index < -0.39 is 0 Å². The Hall–Kier alpha value is -2.90. The normalized spacial score (nSPS) is 10.2. The zero-order chi connectivity index (χ0) is 16.8. The second-order valence-corrected chi connectivity index (χ2v) is 4.86. The highest BCUT2D eigenvalue weighted by Gasteiger charge is 2.17. The summed E-state index contributed by atoms with van der Waals surface area (Å²) in [6, 6.07) is 7.28. The third-order valence-corrected chi connectivity index (χ3v) is 3.05. The molecule has 0 saturated carbocycles. The van der Waals surface area contributed by atoms with Gasteiger partial charge in [-0.25, -0.2) is 4.39 Å². The van der Waals surface area contributed by atoms with Gasteiger partial charge in [-0.2, -0.15) is 5.10 Å². The van der Waals surface area contributed by atoms with E-state index in [1.165, 1.54) is 37.2 Å². The number of carbonyl (C=O) groups is 2. The van der Waals surface area contributed by atoms with Gasteiger partial charge in [0.15, 0.2) is 5.69 Å². The van der Waals surface area contributed by atoms with Crippen LogP contribution in [-0.4, -0.2) is 47.6 Å². The second kappa shape index (κ2) is 7.39. The number of halogens is 1. The standard InChI is InChI=1S/C15H17FN4O3/c1-17-14(21)8-20(2)15(22)13-7-11(18-19-13)9-23-12-5-3-4-10(16)6-12/h3-7H,8-9H2,1-2H3,(H,17,21)(H,18,19). The average molecular weight is 320 g/mol. The number of rotatable bonds is 6. The molecule has 0 unspecified atom stereocenters. The first kappa shape index (κ1) is 16.5. The molecule has 7 nitrogen and oxygen atoms in total. The average Bonchev–Trinajstić information content (AvgIpc) is 3.01. The van der Waals surface area contributed by atoms with E-state index >= 15 is 0 Å². The topological polar surface area (TPSA) is 87.3 Å². The third-order valence-electron chi connectivity index (χ3n) is 3.05. The van der Waals surface area contributed by atoms with Crippen LogP contribution in [0.5, 0.6) is 5.75 Å². The van der Waals surface area contributed by atoms with Gasteiger partial charge in [0.05, 0.1) is 12.2 Å². The van der Waals surface area contributed by atoms with E-state index in [4.69, 9.17) is 4.74 Å². The van der Waals surface area contributed by atoms with E-state index in [9.17, 15) is 14.0 Å². The second-order valence-electron chi connectivity index (χ2n) is 4.86. The molecule has 0 aliphatic rings. The fourth-order valence-electron chi connectivity index (χ4n) is 1.82. The fourth-order valence-corrected chi connectivity index (χ4v) is 1.82. The number of amides is 2. The lowest BCUT2D eigenvalue weighted by Crippen LogP contribution is -2.37. The molecule has 2 rings (SSSR count). The van der Waals surface area contributed by atoms with Crippen LogP contribution in [-0.2, 0) is 11.4 Å². The Morgan fingerprint density at radius 3 is 2.87 bits per heavy atom. The lowest BCUT2D eigenvalue weighted by Gasteiger charge is -2.14. The molecule has 0 radical (unpaired) electrons. The molecule has 0 spiro atoms. The predicted octanol–water partition coefficient (Wildman–Crippen LogP) is 0.946. The van der Waals surface area contributed by atoms with Gasteiger partial charge < -0.3 is 15.0 Å². The van der Waals surface area contributed by atoms with Crippen molar-refractivity contribution in [2.24, 2.45) is 0 Å². The maximum absolute atomic E-state index is 13.0. The molecule has 1 aromatic heterocycles. The Bertz CT molecular complexity index is 702. The smallest absolute Gasteiger partial charge is 0.274 e. The molecule has 23 heavy (non-hydrogen) atoms. The molecule has 2 aromatic rings. The Labute approximate surface area is 132 Å². The largest absolute Gasteiger partial charge is 0.487 e. The highest BCUT2D eigenvalue weighted by atomic mass is 19.1. The number of hydrogen-bond acceptors (Lipinski definition) is 4. The molecule has 2 N–H and O–H groups in total. The van der Waals surface area contributed by atoms with Gasteiger partial charge in [-0.05, 0) is 18.2 Å². The number of nitrogens with one attached hydrogen (secondary N) is 2. The summed E-state index contributed by atoms with van der Waals surface area (Å²) in [5, 5.41) is 9.01. The molecule has 1 heterocycles. The monoisotopic (exact) mass is 320 g/mol. The van der Waals surface area contributed by atoms with Crippen molar-refractivity contribution < 1.29 is 18.7 Å². The zero-order valence-electron chi connectivity index (χ0n) is 12.8. The zero-order valence-corrected chi connectivity index (χ0v) is 12.8. The van der Waals surface area contributed by atoms with Crippen molar-refractivity contribution in [2.75, 3.05) is 20.6 Å². The van der Waals surface area contributed by atoms with Crippen molar-refractivity contribution in [3.63, 3.8) is 0 Å². The lowest BCUT2D eigenvalue weighted by atomic mass is 10.3. The van der Waals surface area contributed by atoms with Gasteiger partial charge in [0, 0.05) is 20.2 Å². The first-order valence-corrected chi connectivity index (χ1v) is 6.88. The van der Waals surface area contributed by atoms with Crippen molar-refractivity contribution in [3.8, 4) is 5.75 Å². The summed E-state index contributed by atoms with van der Waals surface area (Å²) in [5.41, 5.74) is 0.736. The van der Waals surface area contributed by atoms with Crippen LogP contribution in [0.3, 0.4) is 0 Å². The molecule has 8 heteroatoms. The van der Waals surface area contributed by atoms with Gasteiger partial charge >= 0.3 is 0 Å². The Morgan fingerprint density at radius 1 is 1.39 bits per heavy atom. The number of aromatic nitrogens is 2. The van der Waals surface area contributed by atoms with Crippen LogP contribution in [0.25, 0.3) is 0 Å².